The van der Waals surface area contributed by atoms with Crippen LogP contribution >= 0.6 is 0 Å². The highest BCUT2D eigenvalue weighted by Gasteiger charge is 2.29. The van der Waals surface area contributed by atoms with Crippen LogP contribution in [-0.4, -0.2) is 46.0 Å². The maximum atomic E-state index is 12.7. The van der Waals surface area contributed by atoms with E-state index < -0.39 is 18.0 Å². The van der Waals surface area contributed by atoms with Gasteiger partial charge in [0.2, 0.25) is 0 Å². The zero-order valence-electron chi connectivity index (χ0n) is 19.7. The first-order valence-electron chi connectivity index (χ1n) is 11.5. The van der Waals surface area contributed by atoms with Crippen LogP contribution in [-0.2, 0) is 16.6 Å². The average Bonchev–Trinajstić information content (AvgIpc) is 3.37. The first-order chi connectivity index (χ1) is 16.9. The lowest BCUT2D eigenvalue weighted by Crippen LogP contribution is -2.30. The van der Waals surface area contributed by atoms with E-state index in [-0.39, 0.29) is 42.8 Å². The number of aryl methyl sites for hydroxylation is 1. The fourth-order valence-corrected chi connectivity index (χ4v) is 4.42. The number of benzene rings is 2. The molecule has 0 fully saturated rings. The molecule has 1 aliphatic carbocycles. The molecule has 1 unspecified atom stereocenters. The number of carbonyl (C=O) groups is 3. The largest absolute Gasteiger partial charge is 0.481 e. The number of carboxylic acids is 1. The molecule has 1 aromatic heterocycles. The number of fused-ring (bicyclic) bond motifs is 3. The number of hydrogen-bond donors (Lipinski definition) is 3. The van der Waals surface area contributed by atoms with Crippen LogP contribution in [0, 0.1) is 5.92 Å². The number of amides is 2. The zero-order chi connectivity index (χ0) is 24.9. The Morgan fingerprint density at radius 2 is 1.71 bits per heavy atom. The van der Waals surface area contributed by atoms with Gasteiger partial charge in [0.05, 0.1) is 0 Å². The molecular weight excluding hydrogens is 448 g/mol. The van der Waals surface area contributed by atoms with E-state index in [4.69, 9.17) is 9.84 Å². The van der Waals surface area contributed by atoms with Crippen molar-refractivity contribution in [3.63, 3.8) is 0 Å². The number of anilines is 1. The molecule has 2 aromatic carbocycles. The predicted molar refractivity (Wildman–Crippen MR) is 130 cm³/mol. The highest BCUT2D eigenvalue weighted by molar-refractivity contribution is 6.01. The number of hydrogen-bond acceptors (Lipinski definition) is 5. The molecule has 0 bridgehead atoms. The van der Waals surface area contributed by atoms with Gasteiger partial charge in [-0.2, -0.15) is 5.10 Å². The second-order valence-corrected chi connectivity index (χ2v) is 8.60. The van der Waals surface area contributed by atoms with Gasteiger partial charge in [-0.05, 0) is 28.2 Å². The van der Waals surface area contributed by atoms with Crippen LogP contribution in [0.5, 0.6) is 0 Å². The third kappa shape index (κ3) is 5.34. The van der Waals surface area contributed by atoms with E-state index in [1.54, 1.807) is 7.05 Å². The second-order valence-electron chi connectivity index (χ2n) is 8.60. The summed E-state index contributed by atoms with van der Waals surface area (Å²) >= 11 is 0. The minimum Gasteiger partial charge on any atom is -0.481 e. The third-order valence-corrected chi connectivity index (χ3v) is 6.23. The monoisotopic (exact) mass is 476 g/mol. The standard InChI is InChI=1S/C26H28N4O5/c1-3-16(12-23(31)32)13-27-25(33)21-14-30(2)29-24(21)28-26(34)35-15-22-19-10-6-4-8-17(19)18-9-5-7-11-20(18)22/h4-11,14,16,22H,3,12-13,15H2,1-2H3,(H,27,33)(H,31,32)(H,28,29,34). The van der Waals surface area contributed by atoms with Gasteiger partial charge in [0.15, 0.2) is 5.82 Å². The molecule has 1 aliphatic rings. The molecular formula is C26H28N4O5. The molecule has 3 aromatic rings. The molecule has 0 saturated heterocycles. The van der Waals surface area contributed by atoms with Crippen molar-refractivity contribution < 1.29 is 24.2 Å². The SMILES string of the molecule is CCC(CNC(=O)c1cn(C)nc1NC(=O)OCC1c2ccccc2-c2ccccc21)CC(=O)O. The normalized spacial score (nSPS) is 13.0. The summed E-state index contributed by atoms with van der Waals surface area (Å²) < 4.78 is 6.97. The van der Waals surface area contributed by atoms with Crippen molar-refractivity contribution in [3.8, 4) is 11.1 Å². The molecule has 4 rings (SSSR count). The number of ether oxygens (including phenoxy) is 1. The van der Waals surface area contributed by atoms with Crippen LogP contribution in [0.25, 0.3) is 11.1 Å². The highest BCUT2D eigenvalue weighted by atomic mass is 16.5. The summed E-state index contributed by atoms with van der Waals surface area (Å²) in [5, 5.41) is 18.5. The molecule has 1 atom stereocenters. The highest BCUT2D eigenvalue weighted by Crippen LogP contribution is 2.44. The fraction of sp³-hybridized carbons (Fsp3) is 0.308. The summed E-state index contributed by atoms with van der Waals surface area (Å²) in [6.07, 6.45) is 1.36. The quantitative estimate of drug-likeness (QED) is 0.429. The zero-order valence-corrected chi connectivity index (χ0v) is 19.7. The van der Waals surface area contributed by atoms with E-state index in [0.717, 1.165) is 22.3 Å². The summed E-state index contributed by atoms with van der Waals surface area (Å²) in [6.45, 7) is 2.22. The number of aliphatic carboxylic acids is 1. The fourth-order valence-electron chi connectivity index (χ4n) is 4.42. The number of aromatic nitrogens is 2. The summed E-state index contributed by atoms with van der Waals surface area (Å²) in [5.74, 6) is -1.55. The van der Waals surface area contributed by atoms with E-state index in [1.807, 2.05) is 43.3 Å². The first-order valence-corrected chi connectivity index (χ1v) is 11.5. The van der Waals surface area contributed by atoms with E-state index in [2.05, 4.69) is 27.9 Å². The van der Waals surface area contributed by atoms with Gasteiger partial charge in [0.25, 0.3) is 5.91 Å². The molecule has 0 saturated carbocycles. The van der Waals surface area contributed by atoms with Crippen LogP contribution in [0.15, 0.2) is 54.7 Å². The van der Waals surface area contributed by atoms with Crippen molar-refractivity contribution >= 4 is 23.8 Å². The number of nitrogens with one attached hydrogen (secondary N) is 2. The topological polar surface area (TPSA) is 123 Å². The van der Waals surface area contributed by atoms with Gasteiger partial charge in [-0.3, -0.25) is 19.6 Å². The summed E-state index contributed by atoms with van der Waals surface area (Å²) in [5.41, 5.74) is 4.65. The Kier molecular flexibility index (Phi) is 7.14. The lowest BCUT2D eigenvalue weighted by molar-refractivity contribution is -0.138. The van der Waals surface area contributed by atoms with E-state index in [1.165, 1.54) is 10.9 Å². The molecule has 2 amide bonds. The Labute approximate surface area is 203 Å². The Morgan fingerprint density at radius 3 is 2.31 bits per heavy atom. The molecule has 3 N–H and O–H groups in total. The molecule has 0 aliphatic heterocycles. The smallest absolute Gasteiger partial charge is 0.412 e. The lowest BCUT2D eigenvalue weighted by Gasteiger charge is -2.15. The van der Waals surface area contributed by atoms with Crippen molar-refractivity contribution in [2.45, 2.75) is 25.7 Å². The summed E-state index contributed by atoms with van der Waals surface area (Å²) in [6, 6.07) is 16.1. The van der Waals surface area contributed by atoms with Crippen molar-refractivity contribution in [2.75, 3.05) is 18.5 Å². The first kappa shape index (κ1) is 24.0. The summed E-state index contributed by atoms with van der Waals surface area (Å²) in [7, 11) is 1.64. The molecule has 1 heterocycles. The van der Waals surface area contributed by atoms with Gasteiger partial charge < -0.3 is 15.2 Å². The molecule has 0 radical (unpaired) electrons. The predicted octanol–water partition coefficient (Wildman–Crippen LogP) is 4.01. The number of carbonyl (C=O) groups excluding carboxylic acids is 2. The van der Waals surface area contributed by atoms with Gasteiger partial charge in [-0.15, -0.1) is 0 Å². The number of rotatable bonds is 9. The molecule has 35 heavy (non-hydrogen) atoms. The van der Waals surface area contributed by atoms with Crippen molar-refractivity contribution in [3.05, 3.63) is 71.4 Å². The lowest BCUT2D eigenvalue weighted by atomic mass is 9.98. The van der Waals surface area contributed by atoms with Crippen molar-refractivity contribution in [1.29, 1.82) is 0 Å². The Hall–Kier alpha value is -4.14. The second kappa shape index (κ2) is 10.4. The molecule has 182 valence electrons. The molecule has 9 nitrogen and oxygen atoms in total. The molecule has 0 spiro atoms. The maximum absolute atomic E-state index is 12.7. The van der Waals surface area contributed by atoms with Crippen LogP contribution in [0.2, 0.25) is 0 Å². The number of carboxylic acid groups (broad SMARTS) is 1. The number of nitrogens with zero attached hydrogens (tertiary/aromatic N) is 2. The van der Waals surface area contributed by atoms with Gasteiger partial charge in [0, 0.05) is 32.1 Å². The Balaban J connectivity index is 1.40. The third-order valence-electron chi connectivity index (χ3n) is 6.23. The van der Waals surface area contributed by atoms with Gasteiger partial charge >= 0.3 is 12.1 Å². The van der Waals surface area contributed by atoms with Gasteiger partial charge in [-0.1, -0.05) is 61.9 Å². The average molecular weight is 477 g/mol. The van der Waals surface area contributed by atoms with Crippen LogP contribution in [0.3, 0.4) is 0 Å². The van der Waals surface area contributed by atoms with Gasteiger partial charge in [-0.25, -0.2) is 4.79 Å². The van der Waals surface area contributed by atoms with Gasteiger partial charge in [0.1, 0.15) is 12.2 Å². The minimum atomic E-state index is -0.912. The Morgan fingerprint density at radius 1 is 1.09 bits per heavy atom. The van der Waals surface area contributed by atoms with Crippen LogP contribution < -0.4 is 10.6 Å². The van der Waals surface area contributed by atoms with Crippen molar-refractivity contribution in [2.24, 2.45) is 13.0 Å². The molecule has 9 heteroatoms. The van der Waals surface area contributed by atoms with Crippen LogP contribution in [0.4, 0.5) is 10.6 Å². The van der Waals surface area contributed by atoms with E-state index >= 15 is 0 Å². The summed E-state index contributed by atoms with van der Waals surface area (Å²) in [4.78, 5) is 36.3. The van der Waals surface area contributed by atoms with E-state index in [9.17, 15) is 14.4 Å². The Bertz CT molecular complexity index is 1210. The minimum absolute atomic E-state index is 0.0331. The maximum Gasteiger partial charge on any atom is 0.412 e. The van der Waals surface area contributed by atoms with Crippen LogP contribution in [0.1, 0.15) is 47.2 Å². The van der Waals surface area contributed by atoms with Crippen molar-refractivity contribution in [1.82, 2.24) is 15.1 Å². The van der Waals surface area contributed by atoms with E-state index in [0.29, 0.717) is 6.42 Å².